The molecular formula is C22H38O4Si2. The summed E-state index contributed by atoms with van der Waals surface area (Å²) >= 11 is 0. The Hall–Kier alpha value is -0.926. The third-order valence-electron chi connectivity index (χ3n) is 5.55. The lowest BCUT2D eigenvalue weighted by Crippen LogP contribution is -2.54. The summed E-state index contributed by atoms with van der Waals surface area (Å²) in [6.45, 7) is 19.8. The number of benzene rings is 1. The van der Waals surface area contributed by atoms with Gasteiger partial charge in [0.2, 0.25) is 0 Å². The van der Waals surface area contributed by atoms with E-state index in [0.717, 1.165) is 5.56 Å². The monoisotopic (exact) mass is 422 g/mol. The first-order valence-corrected chi connectivity index (χ1v) is 16.5. The third-order valence-corrected chi connectivity index (χ3v) is 11.0. The van der Waals surface area contributed by atoms with E-state index in [0.29, 0.717) is 5.76 Å². The fraction of sp³-hybridized carbons (Fsp3) is 0.636. The Morgan fingerprint density at radius 3 is 2.07 bits per heavy atom. The molecule has 1 unspecified atom stereocenters. The highest BCUT2D eigenvalue weighted by molar-refractivity contribution is 6.74. The van der Waals surface area contributed by atoms with Crippen LogP contribution < -0.4 is 0 Å². The van der Waals surface area contributed by atoms with Gasteiger partial charge in [-0.15, -0.1) is 0 Å². The van der Waals surface area contributed by atoms with Gasteiger partial charge in [-0.1, -0.05) is 51.1 Å². The van der Waals surface area contributed by atoms with E-state index in [2.05, 4.69) is 53.5 Å². The van der Waals surface area contributed by atoms with Crippen molar-refractivity contribution in [1.29, 1.82) is 0 Å². The van der Waals surface area contributed by atoms with Crippen LogP contribution in [-0.2, 0) is 13.6 Å². The molecule has 2 rings (SSSR count). The summed E-state index contributed by atoms with van der Waals surface area (Å²) in [5.41, 5.74) is 0.816. The number of hydrogen-bond acceptors (Lipinski definition) is 4. The van der Waals surface area contributed by atoms with Gasteiger partial charge in [-0.3, -0.25) is 0 Å². The van der Waals surface area contributed by atoms with Crippen LogP contribution in [0.1, 0.15) is 39.4 Å². The van der Waals surface area contributed by atoms with Crippen molar-refractivity contribution in [2.75, 3.05) is 0 Å². The van der Waals surface area contributed by atoms with Crippen molar-refractivity contribution < 1.29 is 18.7 Å². The lowest BCUT2D eigenvalue weighted by atomic mass is 10.0. The van der Waals surface area contributed by atoms with Gasteiger partial charge >= 0.3 is 0 Å². The Morgan fingerprint density at radius 2 is 1.57 bits per heavy atom. The van der Waals surface area contributed by atoms with Gasteiger partial charge in [0.25, 0.3) is 0 Å². The largest absolute Gasteiger partial charge is 0.489 e. The fourth-order valence-corrected chi connectivity index (χ4v) is 5.37. The Balaban J connectivity index is 2.35. The molecule has 1 aliphatic rings. The number of rotatable bonds is 6. The second kappa shape index (κ2) is 8.44. The Bertz CT molecular complexity index is 674. The van der Waals surface area contributed by atoms with Crippen molar-refractivity contribution in [3.63, 3.8) is 0 Å². The van der Waals surface area contributed by atoms with Crippen LogP contribution in [0.4, 0.5) is 0 Å². The van der Waals surface area contributed by atoms with Gasteiger partial charge < -0.3 is 18.7 Å². The molecule has 1 N–H and O–H groups in total. The summed E-state index contributed by atoms with van der Waals surface area (Å²) in [4.78, 5) is 0. The van der Waals surface area contributed by atoms with Crippen LogP contribution in [0.5, 0.6) is 0 Å². The molecule has 0 saturated carbocycles. The van der Waals surface area contributed by atoms with E-state index in [1.54, 1.807) is 0 Å². The van der Waals surface area contributed by atoms with E-state index in [4.69, 9.17) is 13.6 Å². The van der Waals surface area contributed by atoms with Gasteiger partial charge in [0.05, 0.1) is 6.10 Å². The van der Waals surface area contributed by atoms with E-state index in [1.807, 2.05) is 43.3 Å². The van der Waals surface area contributed by atoms with Crippen LogP contribution in [-0.4, -0.2) is 40.1 Å². The molecule has 0 aliphatic carbocycles. The fourth-order valence-electron chi connectivity index (χ4n) is 2.99. The van der Waals surface area contributed by atoms with Crippen LogP contribution >= 0.6 is 0 Å². The van der Waals surface area contributed by atoms with Gasteiger partial charge in [-0.05, 0) is 56.3 Å². The summed E-state index contributed by atoms with van der Waals surface area (Å²) < 4.78 is 19.4. The van der Waals surface area contributed by atoms with Crippen molar-refractivity contribution in [1.82, 2.24) is 0 Å². The number of hydrogen-bond donors (Lipinski definition) is 1. The zero-order chi connectivity index (χ0) is 21.3. The first-order valence-electron chi connectivity index (χ1n) is 10.2. The maximum Gasteiger partial charge on any atom is 0.192 e. The molecule has 4 nitrogen and oxygen atoms in total. The molecule has 0 fully saturated rings. The highest BCUT2D eigenvalue weighted by Gasteiger charge is 2.45. The molecule has 4 atom stereocenters. The lowest BCUT2D eigenvalue weighted by Gasteiger charge is -2.45. The molecule has 1 aliphatic heterocycles. The molecule has 0 radical (unpaired) electrons. The van der Waals surface area contributed by atoms with Gasteiger partial charge in [-0.25, -0.2) is 0 Å². The summed E-state index contributed by atoms with van der Waals surface area (Å²) in [6.07, 6.45) is 0.532. The second-order valence-electron chi connectivity index (χ2n) is 10.2. The number of aliphatic hydroxyl groups is 1. The number of aliphatic hydroxyl groups excluding tert-OH is 1. The van der Waals surface area contributed by atoms with Crippen LogP contribution in [0.3, 0.4) is 0 Å². The molecule has 28 heavy (non-hydrogen) atoms. The summed E-state index contributed by atoms with van der Waals surface area (Å²) in [5.74, 6) is 0.553. The molecule has 0 bridgehead atoms. The SMILES string of the molecule is C[C@@H]1OC(C(O)c2ccccc2)=C[C@H](O[Si](C)(C)C)[C@H]1O[Si](C)(C)C(C)(C)C. The van der Waals surface area contributed by atoms with Gasteiger partial charge in [0.15, 0.2) is 16.6 Å². The molecule has 1 aromatic rings. The van der Waals surface area contributed by atoms with Crippen LogP contribution in [0.15, 0.2) is 42.2 Å². The van der Waals surface area contributed by atoms with Crippen LogP contribution in [0.25, 0.3) is 0 Å². The molecule has 6 heteroatoms. The zero-order valence-electron chi connectivity index (χ0n) is 18.9. The molecule has 0 amide bonds. The topological polar surface area (TPSA) is 47.9 Å². The molecule has 0 spiro atoms. The predicted octanol–water partition coefficient (Wildman–Crippen LogP) is 5.63. The summed E-state index contributed by atoms with van der Waals surface area (Å²) in [5, 5.41) is 11.0. The van der Waals surface area contributed by atoms with E-state index >= 15 is 0 Å². The summed E-state index contributed by atoms with van der Waals surface area (Å²) in [7, 11) is -3.83. The van der Waals surface area contributed by atoms with Crippen molar-refractivity contribution in [3.8, 4) is 0 Å². The predicted molar refractivity (Wildman–Crippen MR) is 120 cm³/mol. The second-order valence-corrected chi connectivity index (χ2v) is 19.5. The highest BCUT2D eigenvalue weighted by Crippen LogP contribution is 2.40. The molecule has 1 heterocycles. The van der Waals surface area contributed by atoms with Crippen LogP contribution in [0, 0.1) is 0 Å². The maximum absolute atomic E-state index is 10.9. The average Bonchev–Trinajstić information content (AvgIpc) is 2.55. The molecule has 0 saturated heterocycles. The normalized spacial score (nSPS) is 25.1. The lowest BCUT2D eigenvalue weighted by molar-refractivity contribution is -0.0677. The standard InChI is InChI=1S/C22H38O4Si2/c1-16-21(26-28(8,9)22(2,3)4)19(25-27(5,6)7)15-18(24-16)20(23)17-13-11-10-12-14-17/h10-16,19-21,23H,1-9H3/t16-,19-,20?,21-/m0/s1. The molecular weight excluding hydrogens is 384 g/mol. The van der Waals surface area contributed by atoms with Crippen molar-refractivity contribution in [2.24, 2.45) is 0 Å². The highest BCUT2D eigenvalue weighted by atomic mass is 28.4. The minimum atomic E-state index is -2.00. The zero-order valence-corrected chi connectivity index (χ0v) is 20.9. The van der Waals surface area contributed by atoms with Crippen molar-refractivity contribution in [2.45, 2.75) is 89.9 Å². The molecule has 0 aromatic heterocycles. The van der Waals surface area contributed by atoms with Crippen molar-refractivity contribution in [3.05, 3.63) is 47.7 Å². The van der Waals surface area contributed by atoms with E-state index in [9.17, 15) is 5.11 Å². The minimum Gasteiger partial charge on any atom is -0.489 e. The quantitative estimate of drug-likeness (QED) is 0.603. The Labute approximate surface area is 173 Å². The van der Waals surface area contributed by atoms with E-state index < -0.39 is 22.7 Å². The van der Waals surface area contributed by atoms with Crippen LogP contribution in [0.2, 0.25) is 37.8 Å². The number of ether oxygens (including phenoxy) is 1. The smallest absolute Gasteiger partial charge is 0.192 e. The first kappa shape index (κ1) is 23.4. The summed E-state index contributed by atoms with van der Waals surface area (Å²) in [6, 6.07) is 9.60. The van der Waals surface area contributed by atoms with Gasteiger partial charge in [0.1, 0.15) is 24.1 Å². The Morgan fingerprint density at radius 1 is 1.00 bits per heavy atom. The van der Waals surface area contributed by atoms with E-state index in [-0.39, 0.29) is 23.4 Å². The van der Waals surface area contributed by atoms with Crippen molar-refractivity contribution >= 4 is 16.6 Å². The average molecular weight is 423 g/mol. The first-order chi connectivity index (χ1) is 12.7. The van der Waals surface area contributed by atoms with E-state index in [1.165, 1.54) is 0 Å². The van der Waals surface area contributed by atoms with Gasteiger partial charge in [0, 0.05) is 0 Å². The third kappa shape index (κ3) is 5.80. The molecule has 1 aromatic carbocycles. The maximum atomic E-state index is 10.9. The Kier molecular flexibility index (Phi) is 7.04. The minimum absolute atomic E-state index is 0.101. The van der Waals surface area contributed by atoms with Gasteiger partial charge in [-0.2, -0.15) is 0 Å². The molecule has 158 valence electrons.